The van der Waals surface area contributed by atoms with E-state index in [2.05, 4.69) is 13.8 Å². The lowest BCUT2D eigenvalue weighted by atomic mass is 9.80. The van der Waals surface area contributed by atoms with Gasteiger partial charge in [-0.25, -0.2) is 14.3 Å². The van der Waals surface area contributed by atoms with Crippen molar-refractivity contribution in [1.29, 1.82) is 0 Å². The number of nitrogens with zero attached hydrogens (tertiary/aromatic N) is 4. The van der Waals surface area contributed by atoms with Crippen molar-refractivity contribution in [3.63, 3.8) is 0 Å². The van der Waals surface area contributed by atoms with E-state index >= 15 is 0 Å². The summed E-state index contributed by atoms with van der Waals surface area (Å²) in [6.45, 7) is 13.1. The van der Waals surface area contributed by atoms with E-state index in [0.717, 1.165) is 41.1 Å². The Hall–Kier alpha value is -2.32. The Kier molecular flexibility index (Phi) is 7.32. The van der Waals surface area contributed by atoms with Gasteiger partial charge in [0.2, 0.25) is 0 Å². The van der Waals surface area contributed by atoms with Crippen LogP contribution in [-0.2, 0) is 4.74 Å². The van der Waals surface area contributed by atoms with Crippen LogP contribution >= 0.6 is 0 Å². The number of hydrogen-bond donors (Lipinski definition) is 0. The van der Waals surface area contributed by atoms with Crippen LogP contribution in [0.1, 0.15) is 114 Å². The van der Waals surface area contributed by atoms with Gasteiger partial charge in [0.25, 0.3) is 0 Å². The molecule has 9 heteroatoms. The maximum atomic E-state index is 13.2. The van der Waals surface area contributed by atoms with Gasteiger partial charge in [-0.15, -0.1) is 0 Å². The molecule has 6 nitrogen and oxygen atoms in total. The number of amides is 1. The Morgan fingerprint density at radius 3 is 2.33 bits per heavy atom. The van der Waals surface area contributed by atoms with Gasteiger partial charge in [0.05, 0.1) is 17.3 Å². The second-order valence-corrected chi connectivity index (χ2v) is 11.8. The molecule has 2 aromatic heterocycles. The number of alkyl halides is 3. The van der Waals surface area contributed by atoms with E-state index < -0.39 is 17.7 Å². The van der Waals surface area contributed by atoms with Gasteiger partial charge < -0.3 is 9.64 Å². The molecule has 3 heterocycles. The predicted octanol–water partition coefficient (Wildman–Crippen LogP) is 7.11. The Morgan fingerprint density at radius 2 is 1.75 bits per heavy atom. The molecule has 0 bridgehead atoms. The van der Waals surface area contributed by atoms with Crippen molar-refractivity contribution in [2.45, 2.75) is 110 Å². The largest absolute Gasteiger partial charge is 0.444 e. The molecule has 2 aromatic rings. The molecule has 0 aromatic carbocycles. The first-order valence-corrected chi connectivity index (χ1v) is 13.2. The van der Waals surface area contributed by atoms with Crippen LogP contribution in [0.25, 0.3) is 5.65 Å². The first-order chi connectivity index (χ1) is 16.7. The van der Waals surface area contributed by atoms with Gasteiger partial charge in [-0.2, -0.15) is 18.3 Å². The quantitative estimate of drug-likeness (QED) is 0.443. The number of aryl methyl sites for hydroxylation is 1. The highest BCUT2D eigenvalue weighted by atomic mass is 19.4. The number of likely N-dealkylation sites (tertiary alicyclic amines) is 1. The first-order valence-electron chi connectivity index (χ1n) is 13.2. The van der Waals surface area contributed by atoms with Crippen molar-refractivity contribution in [2.75, 3.05) is 13.1 Å². The second-order valence-electron chi connectivity index (χ2n) is 11.8. The molecule has 1 aliphatic heterocycles. The number of fused-ring (bicyclic) bond motifs is 1. The molecule has 200 valence electrons. The summed E-state index contributed by atoms with van der Waals surface area (Å²) in [5, 5.41) is 4.95. The van der Waals surface area contributed by atoms with Crippen molar-refractivity contribution in [1.82, 2.24) is 19.5 Å². The molecule has 1 amide bonds. The Bertz CT molecular complexity index is 1100. The number of carbonyl (C=O) groups excluding carboxylic acids is 1. The fourth-order valence-electron chi connectivity index (χ4n) is 5.89. The zero-order valence-electron chi connectivity index (χ0n) is 22.3. The predicted molar refractivity (Wildman–Crippen MR) is 132 cm³/mol. The molecule has 2 fully saturated rings. The third-order valence-electron chi connectivity index (χ3n) is 7.53. The monoisotopic (exact) mass is 508 g/mol. The molecule has 0 N–H and O–H groups in total. The summed E-state index contributed by atoms with van der Waals surface area (Å²) in [6.07, 6.45) is -1.39. The van der Waals surface area contributed by atoms with Crippen LogP contribution in [0.15, 0.2) is 6.07 Å². The summed E-state index contributed by atoms with van der Waals surface area (Å²) in [6, 6.07) is 1.95. The number of carbonyl (C=O) groups is 1. The maximum Gasteiger partial charge on any atom is 0.410 e. The lowest BCUT2D eigenvalue weighted by Gasteiger charge is -2.35. The fraction of sp³-hybridized carbons (Fsp3) is 0.741. The van der Waals surface area contributed by atoms with Crippen LogP contribution in [0.4, 0.5) is 18.0 Å². The number of rotatable bonds is 3. The second kappa shape index (κ2) is 9.86. The number of piperidine rings is 1. The van der Waals surface area contributed by atoms with E-state index in [4.69, 9.17) is 14.8 Å². The van der Waals surface area contributed by atoms with E-state index in [0.29, 0.717) is 25.9 Å². The Balaban J connectivity index is 1.67. The normalized spacial score (nSPS) is 23.9. The lowest BCUT2D eigenvalue weighted by Crippen LogP contribution is -2.42. The van der Waals surface area contributed by atoms with Crippen molar-refractivity contribution in [3.8, 4) is 0 Å². The molecule has 1 saturated heterocycles. The average Bonchev–Trinajstić information content (AvgIpc) is 3.20. The smallest absolute Gasteiger partial charge is 0.410 e. The Morgan fingerprint density at radius 1 is 1.08 bits per heavy atom. The van der Waals surface area contributed by atoms with E-state index in [1.165, 1.54) is 0 Å². The van der Waals surface area contributed by atoms with Gasteiger partial charge in [0.15, 0.2) is 5.65 Å². The molecule has 0 radical (unpaired) electrons. The summed E-state index contributed by atoms with van der Waals surface area (Å²) in [5.41, 5.74) is 4.13. The van der Waals surface area contributed by atoms with Crippen molar-refractivity contribution in [3.05, 3.63) is 28.7 Å². The van der Waals surface area contributed by atoms with Gasteiger partial charge in [0.1, 0.15) is 5.60 Å². The standard InChI is InChI=1S/C27H39F3N4O2/c1-16(2)23-17(3)31-22-14-21(18-9-11-20(12-10-18)27(28,29)30)32-34(22)24(23)19-8-7-13-33(15-19)25(35)36-26(4,5)6/h14,16,18-20H,7-13,15H2,1-6H3/t18?,19-,20?/m1/s1. The van der Waals surface area contributed by atoms with Crippen LogP contribution in [-0.4, -0.2) is 50.5 Å². The summed E-state index contributed by atoms with van der Waals surface area (Å²) < 4.78 is 47.1. The molecule has 1 saturated carbocycles. The third kappa shape index (κ3) is 5.65. The zero-order valence-corrected chi connectivity index (χ0v) is 22.3. The van der Waals surface area contributed by atoms with Crippen LogP contribution in [0.5, 0.6) is 0 Å². The van der Waals surface area contributed by atoms with Gasteiger partial charge in [0, 0.05) is 36.7 Å². The maximum absolute atomic E-state index is 13.2. The molecule has 0 unspecified atom stereocenters. The minimum absolute atomic E-state index is 0.00516. The molecule has 4 rings (SSSR count). The average molecular weight is 509 g/mol. The molecule has 0 spiro atoms. The van der Waals surface area contributed by atoms with Crippen molar-refractivity contribution in [2.24, 2.45) is 5.92 Å². The molecular weight excluding hydrogens is 469 g/mol. The van der Waals surface area contributed by atoms with E-state index in [1.807, 2.05) is 38.3 Å². The summed E-state index contributed by atoms with van der Waals surface area (Å²) in [4.78, 5) is 19.5. The molecule has 1 atom stereocenters. The van der Waals surface area contributed by atoms with Gasteiger partial charge in [-0.3, -0.25) is 0 Å². The highest BCUT2D eigenvalue weighted by molar-refractivity contribution is 5.68. The number of ether oxygens (including phenoxy) is 1. The molecule has 2 aliphatic rings. The van der Waals surface area contributed by atoms with E-state index in [-0.39, 0.29) is 36.7 Å². The van der Waals surface area contributed by atoms with Crippen LogP contribution < -0.4 is 0 Å². The topological polar surface area (TPSA) is 59.7 Å². The SMILES string of the molecule is Cc1nc2cc(C3CCC(C(F)(F)F)CC3)nn2c([C@@H]2CCCN(C(=O)OC(C)(C)C)C2)c1C(C)C. The Labute approximate surface area is 211 Å². The van der Waals surface area contributed by atoms with Gasteiger partial charge >= 0.3 is 12.3 Å². The first kappa shape index (κ1) is 26.7. The van der Waals surface area contributed by atoms with Crippen LogP contribution in [0.3, 0.4) is 0 Å². The number of halogens is 3. The third-order valence-corrected chi connectivity index (χ3v) is 7.53. The zero-order chi connectivity index (χ0) is 26.4. The number of aromatic nitrogens is 3. The summed E-state index contributed by atoms with van der Waals surface area (Å²) in [7, 11) is 0. The van der Waals surface area contributed by atoms with E-state index in [9.17, 15) is 18.0 Å². The van der Waals surface area contributed by atoms with Crippen LogP contribution in [0, 0.1) is 12.8 Å². The number of hydrogen-bond acceptors (Lipinski definition) is 4. The van der Waals surface area contributed by atoms with Crippen molar-refractivity contribution < 1.29 is 22.7 Å². The highest BCUT2D eigenvalue weighted by Gasteiger charge is 2.42. The minimum atomic E-state index is -4.12. The molecule has 36 heavy (non-hydrogen) atoms. The molecule has 1 aliphatic carbocycles. The molecular formula is C27H39F3N4O2. The van der Waals surface area contributed by atoms with Gasteiger partial charge in [-0.1, -0.05) is 13.8 Å². The van der Waals surface area contributed by atoms with Crippen LogP contribution in [0.2, 0.25) is 0 Å². The highest BCUT2D eigenvalue weighted by Crippen LogP contribution is 2.43. The summed E-state index contributed by atoms with van der Waals surface area (Å²) in [5.74, 6) is -0.925. The van der Waals surface area contributed by atoms with Crippen molar-refractivity contribution >= 4 is 11.7 Å². The summed E-state index contributed by atoms with van der Waals surface area (Å²) >= 11 is 0. The van der Waals surface area contributed by atoms with E-state index in [1.54, 1.807) is 4.90 Å². The minimum Gasteiger partial charge on any atom is -0.444 e. The lowest BCUT2D eigenvalue weighted by molar-refractivity contribution is -0.182. The fourth-order valence-corrected chi connectivity index (χ4v) is 5.89. The van der Waals surface area contributed by atoms with Gasteiger partial charge in [-0.05, 0) is 77.7 Å².